The Hall–Kier alpha value is -3.44. The van der Waals surface area contributed by atoms with Crippen molar-refractivity contribution >= 4 is 11.8 Å². The van der Waals surface area contributed by atoms with Crippen molar-refractivity contribution in [1.29, 1.82) is 5.26 Å². The number of aliphatic hydroxyl groups excluding tert-OH is 1. The van der Waals surface area contributed by atoms with E-state index in [4.69, 9.17) is 4.74 Å². The standard InChI is InChI=1S/C27H32N4O4/c1-17-14-31(18(2)16-32)27(34)23-11-22(21-9-4-6-19(10-21)12-28)13-29-25(23)35-24(17)15-30(3)26(33)20-7-5-8-20/h4,6,9-11,13,17-18,20,24,32H,5,7-8,14-16H2,1-3H3/t17-,18-,24-/m1/s1. The average molecular weight is 477 g/mol. The van der Waals surface area contributed by atoms with Gasteiger partial charge < -0.3 is 19.6 Å². The highest BCUT2D eigenvalue weighted by Gasteiger charge is 2.36. The molecule has 1 saturated carbocycles. The molecule has 1 aromatic heterocycles. The highest BCUT2D eigenvalue weighted by Crippen LogP contribution is 2.32. The maximum absolute atomic E-state index is 13.6. The van der Waals surface area contributed by atoms with Gasteiger partial charge in [-0.05, 0) is 43.5 Å². The van der Waals surface area contributed by atoms with Gasteiger partial charge in [0.1, 0.15) is 11.7 Å². The quantitative estimate of drug-likeness (QED) is 0.687. The highest BCUT2D eigenvalue weighted by molar-refractivity contribution is 5.98. The molecule has 8 nitrogen and oxygen atoms in total. The Morgan fingerprint density at radius 1 is 1.34 bits per heavy atom. The lowest BCUT2D eigenvalue weighted by molar-refractivity contribution is -0.138. The molecule has 0 unspecified atom stereocenters. The van der Waals surface area contributed by atoms with E-state index in [0.29, 0.717) is 29.8 Å². The number of amides is 2. The molecular formula is C27H32N4O4. The van der Waals surface area contributed by atoms with Gasteiger partial charge in [0.2, 0.25) is 11.8 Å². The summed E-state index contributed by atoms with van der Waals surface area (Å²) in [6.07, 6.45) is 4.22. The molecule has 0 bridgehead atoms. The van der Waals surface area contributed by atoms with Crippen LogP contribution in [0.25, 0.3) is 11.1 Å². The summed E-state index contributed by atoms with van der Waals surface area (Å²) in [5.74, 6) is 0.0783. The monoisotopic (exact) mass is 476 g/mol. The van der Waals surface area contributed by atoms with Crippen LogP contribution in [0.1, 0.15) is 49.0 Å². The number of carbonyl (C=O) groups is 2. The third-order valence-electron chi connectivity index (χ3n) is 7.13. The van der Waals surface area contributed by atoms with E-state index in [0.717, 1.165) is 24.8 Å². The van der Waals surface area contributed by atoms with E-state index in [-0.39, 0.29) is 42.2 Å². The van der Waals surface area contributed by atoms with E-state index in [1.807, 2.05) is 19.9 Å². The fraction of sp³-hybridized carbons (Fsp3) is 0.481. The lowest BCUT2D eigenvalue weighted by Crippen LogP contribution is -2.51. The number of hydrogen-bond donors (Lipinski definition) is 1. The largest absolute Gasteiger partial charge is 0.472 e. The van der Waals surface area contributed by atoms with Crippen molar-refractivity contribution in [2.45, 2.75) is 45.3 Å². The minimum Gasteiger partial charge on any atom is -0.472 e. The van der Waals surface area contributed by atoms with Crippen LogP contribution in [0, 0.1) is 23.2 Å². The third kappa shape index (κ3) is 5.15. The van der Waals surface area contributed by atoms with E-state index in [1.54, 1.807) is 47.3 Å². The highest BCUT2D eigenvalue weighted by atomic mass is 16.5. The number of rotatable bonds is 6. The minimum absolute atomic E-state index is 0.0912. The number of aliphatic hydroxyl groups is 1. The molecule has 2 aromatic rings. The maximum atomic E-state index is 13.6. The van der Waals surface area contributed by atoms with Gasteiger partial charge in [-0.3, -0.25) is 9.59 Å². The van der Waals surface area contributed by atoms with Crippen LogP contribution in [-0.4, -0.2) is 70.6 Å². The van der Waals surface area contributed by atoms with Gasteiger partial charge in [-0.1, -0.05) is 25.5 Å². The number of ether oxygens (including phenoxy) is 1. The van der Waals surface area contributed by atoms with E-state index in [1.165, 1.54) is 0 Å². The Bertz CT molecular complexity index is 1140. The molecule has 2 amide bonds. The van der Waals surface area contributed by atoms with Crippen molar-refractivity contribution in [2.75, 3.05) is 26.7 Å². The fourth-order valence-electron chi connectivity index (χ4n) is 4.57. The summed E-state index contributed by atoms with van der Waals surface area (Å²) in [7, 11) is 1.80. The summed E-state index contributed by atoms with van der Waals surface area (Å²) in [6, 6.07) is 10.6. The second kappa shape index (κ2) is 10.4. The number of nitrogens with zero attached hydrogens (tertiary/aromatic N) is 4. The molecule has 35 heavy (non-hydrogen) atoms. The zero-order chi connectivity index (χ0) is 25.1. The van der Waals surface area contributed by atoms with Gasteiger partial charge in [-0.25, -0.2) is 4.98 Å². The second-order valence-corrected chi connectivity index (χ2v) is 9.74. The fourth-order valence-corrected chi connectivity index (χ4v) is 4.57. The van der Waals surface area contributed by atoms with Crippen molar-refractivity contribution in [3.63, 3.8) is 0 Å². The number of carbonyl (C=O) groups excluding carboxylic acids is 2. The molecule has 3 atom stereocenters. The SMILES string of the molecule is C[C@@H]1CN([C@H](C)CO)C(=O)c2cc(-c3cccc(C#N)c3)cnc2O[C@@H]1CN(C)C(=O)C1CCC1. The van der Waals surface area contributed by atoms with Crippen LogP contribution in [0.3, 0.4) is 0 Å². The third-order valence-corrected chi connectivity index (χ3v) is 7.13. The zero-order valence-electron chi connectivity index (χ0n) is 20.5. The van der Waals surface area contributed by atoms with Crippen molar-refractivity contribution in [2.24, 2.45) is 11.8 Å². The van der Waals surface area contributed by atoms with Gasteiger partial charge in [-0.15, -0.1) is 0 Å². The van der Waals surface area contributed by atoms with Crippen LogP contribution < -0.4 is 4.74 Å². The van der Waals surface area contributed by atoms with Crippen LogP contribution in [0.5, 0.6) is 5.88 Å². The van der Waals surface area contributed by atoms with Crippen molar-refractivity contribution in [1.82, 2.24) is 14.8 Å². The van der Waals surface area contributed by atoms with Crippen LogP contribution >= 0.6 is 0 Å². The molecule has 1 aliphatic heterocycles. The van der Waals surface area contributed by atoms with Gasteiger partial charge in [0.15, 0.2) is 0 Å². The van der Waals surface area contributed by atoms with Gasteiger partial charge in [0.05, 0.1) is 30.8 Å². The van der Waals surface area contributed by atoms with E-state index in [2.05, 4.69) is 11.1 Å². The molecule has 0 spiro atoms. The van der Waals surface area contributed by atoms with E-state index >= 15 is 0 Å². The molecule has 8 heteroatoms. The number of pyridine rings is 1. The summed E-state index contributed by atoms with van der Waals surface area (Å²) in [4.78, 5) is 34.2. The lowest BCUT2D eigenvalue weighted by Gasteiger charge is -2.38. The lowest BCUT2D eigenvalue weighted by atomic mass is 9.84. The number of benzene rings is 1. The minimum atomic E-state index is -0.392. The van der Waals surface area contributed by atoms with Crippen LogP contribution in [0.15, 0.2) is 36.5 Å². The Morgan fingerprint density at radius 2 is 2.11 bits per heavy atom. The van der Waals surface area contributed by atoms with Gasteiger partial charge in [0, 0.05) is 37.2 Å². The topological polar surface area (TPSA) is 107 Å². The number of fused-ring (bicyclic) bond motifs is 1. The van der Waals surface area contributed by atoms with E-state index in [9.17, 15) is 20.0 Å². The number of likely N-dealkylation sites (N-methyl/N-ethyl adjacent to an activating group) is 1. The van der Waals surface area contributed by atoms with E-state index < -0.39 is 6.04 Å². The average Bonchev–Trinajstić information content (AvgIpc) is 2.84. The Balaban J connectivity index is 1.69. The molecule has 2 heterocycles. The summed E-state index contributed by atoms with van der Waals surface area (Å²) in [6.45, 7) is 4.39. The van der Waals surface area contributed by atoms with Crippen LogP contribution in [0.4, 0.5) is 0 Å². The molecular weight excluding hydrogens is 444 g/mol. The zero-order valence-corrected chi connectivity index (χ0v) is 20.5. The summed E-state index contributed by atoms with van der Waals surface area (Å²) >= 11 is 0. The van der Waals surface area contributed by atoms with Gasteiger partial charge in [-0.2, -0.15) is 5.26 Å². The normalized spacial score (nSPS) is 21.0. The van der Waals surface area contributed by atoms with Crippen molar-refractivity contribution in [3.8, 4) is 23.1 Å². The molecule has 1 N–H and O–H groups in total. The predicted octanol–water partition coefficient (Wildman–Crippen LogP) is 3.10. The number of hydrogen-bond acceptors (Lipinski definition) is 6. The number of aromatic nitrogens is 1. The van der Waals surface area contributed by atoms with Crippen LogP contribution in [-0.2, 0) is 4.79 Å². The van der Waals surface area contributed by atoms with Crippen LogP contribution in [0.2, 0.25) is 0 Å². The Kier molecular flexibility index (Phi) is 7.37. The van der Waals surface area contributed by atoms with Crippen molar-refractivity contribution < 1.29 is 19.4 Å². The summed E-state index contributed by atoms with van der Waals surface area (Å²) in [5, 5.41) is 19.1. The second-order valence-electron chi connectivity index (χ2n) is 9.74. The number of nitriles is 1. The molecule has 1 fully saturated rings. The summed E-state index contributed by atoms with van der Waals surface area (Å²) in [5.41, 5.74) is 2.28. The molecule has 0 radical (unpaired) electrons. The summed E-state index contributed by atoms with van der Waals surface area (Å²) < 4.78 is 6.30. The maximum Gasteiger partial charge on any atom is 0.259 e. The Morgan fingerprint density at radius 3 is 2.77 bits per heavy atom. The molecule has 1 aliphatic carbocycles. The van der Waals surface area contributed by atoms with Crippen molar-refractivity contribution in [3.05, 3.63) is 47.7 Å². The first kappa shape index (κ1) is 24.7. The molecule has 184 valence electrons. The first-order chi connectivity index (χ1) is 16.8. The first-order valence-corrected chi connectivity index (χ1v) is 12.2. The van der Waals surface area contributed by atoms with Gasteiger partial charge >= 0.3 is 0 Å². The smallest absolute Gasteiger partial charge is 0.259 e. The molecule has 0 saturated heterocycles. The van der Waals surface area contributed by atoms with Gasteiger partial charge in [0.25, 0.3) is 5.91 Å². The molecule has 2 aliphatic rings. The molecule has 1 aromatic carbocycles. The predicted molar refractivity (Wildman–Crippen MR) is 131 cm³/mol. The first-order valence-electron chi connectivity index (χ1n) is 12.2. The molecule has 4 rings (SSSR count). The Labute approximate surface area is 206 Å².